The van der Waals surface area contributed by atoms with E-state index in [2.05, 4.69) is 28.9 Å². The lowest BCUT2D eigenvalue weighted by atomic mass is 9.95. The molecule has 3 heteroatoms. The number of aryl methyl sites for hydroxylation is 1. The molecule has 1 fully saturated rings. The van der Waals surface area contributed by atoms with Crippen molar-refractivity contribution in [3.63, 3.8) is 0 Å². The smallest absolute Gasteiger partial charge is 0.0731 e. The van der Waals surface area contributed by atoms with Gasteiger partial charge in [-0.1, -0.05) is 25.7 Å². The molecule has 0 aromatic carbocycles. The second-order valence-corrected chi connectivity index (χ2v) is 7.63. The van der Waals surface area contributed by atoms with E-state index < -0.39 is 0 Å². The van der Waals surface area contributed by atoms with Gasteiger partial charge in [0, 0.05) is 4.88 Å². The zero-order valence-corrected chi connectivity index (χ0v) is 12.8. The van der Waals surface area contributed by atoms with Gasteiger partial charge in [0.2, 0.25) is 0 Å². The third kappa shape index (κ3) is 3.02. The molecule has 1 heterocycles. The fraction of sp³-hybridized carbons (Fsp3) is 0.692. The lowest BCUT2D eigenvalue weighted by molar-refractivity contribution is 0.448. The van der Waals surface area contributed by atoms with Crippen LogP contribution >= 0.6 is 38.9 Å². The number of hydrogen-bond acceptors (Lipinski definition) is 1. The third-order valence-corrected chi connectivity index (χ3v) is 6.40. The molecule has 0 amide bonds. The maximum Gasteiger partial charge on any atom is 0.0731 e. The van der Waals surface area contributed by atoms with Crippen LogP contribution in [-0.2, 0) is 0 Å². The zero-order valence-electron chi connectivity index (χ0n) is 9.64. The quantitative estimate of drug-likeness (QED) is 0.458. The molecule has 1 atom stereocenters. The summed E-state index contributed by atoms with van der Waals surface area (Å²) in [7, 11) is 0. The Bertz CT molecular complexity index is 320. The van der Waals surface area contributed by atoms with Crippen molar-refractivity contribution < 1.29 is 0 Å². The fourth-order valence-electron chi connectivity index (χ4n) is 2.46. The Balaban J connectivity index is 2.07. The molecule has 0 nitrogen and oxygen atoms in total. The van der Waals surface area contributed by atoms with E-state index in [4.69, 9.17) is 11.6 Å². The summed E-state index contributed by atoms with van der Waals surface area (Å²) in [5.41, 5.74) is 1.32. The first-order valence-corrected chi connectivity index (χ1v) is 8.13. The number of rotatable bonds is 2. The Labute approximate surface area is 116 Å². The number of thiophene rings is 1. The summed E-state index contributed by atoms with van der Waals surface area (Å²) in [4.78, 5) is 1.35. The summed E-state index contributed by atoms with van der Waals surface area (Å²) in [6.07, 6.45) is 8.13. The van der Waals surface area contributed by atoms with Crippen LogP contribution in [0.3, 0.4) is 0 Å². The van der Waals surface area contributed by atoms with Gasteiger partial charge in [-0.15, -0.1) is 22.9 Å². The molecule has 0 spiro atoms. The van der Waals surface area contributed by atoms with Crippen molar-refractivity contribution in [3.8, 4) is 0 Å². The van der Waals surface area contributed by atoms with Crippen LogP contribution in [0.4, 0.5) is 0 Å². The molecule has 0 radical (unpaired) electrons. The maximum absolute atomic E-state index is 6.63. The van der Waals surface area contributed by atoms with E-state index in [1.807, 2.05) is 11.3 Å². The maximum atomic E-state index is 6.63. The summed E-state index contributed by atoms with van der Waals surface area (Å²) < 4.78 is 1.24. The molecule has 16 heavy (non-hydrogen) atoms. The first kappa shape index (κ1) is 12.9. The minimum Gasteiger partial charge on any atom is -0.131 e. The van der Waals surface area contributed by atoms with Gasteiger partial charge in [-0.25, -0.2) is 0 Å². The van der Waals surface area contributed by atoms with E-state index in [0.29, 0.717) is 5.92 Å². The van der Waals surface area contributed by atoms with E-state index in [1.165, 1.54) is 52.8 Å². The van der Waals surface area contributed by atoms with Gasteiger partial charge < -0.3 is 0 Å². The molecule has 2 rings (SSSR count). The average molecular weight is 322 g/mol. The van der Waals surface area contributed by atoms with Crippen molar-refractivity contribution in [2.75, 3.05) is 0 Å². The van der Waals surface area contributed by atoms with E-state index >= 15 is 0 Å². The van der Waals surface area contributed by atoms with Crippen molar-refractivity contribution in [2.45, 2.75) is 50.8 Å². The molecule has 1 saturated carbocycles. The summed E-state index contributed by atoms with van der Waals surface area (Å²) in [6, 6.07) is 2.25. The molecule has 1 aliphatic rings. The lowest BCUT2D eigenvalue weighted by Gasteiger charge is -2.19. The zero-order chi connectivity index (χ0) is 11.5. The van der Waals surface area contributed by atoms with Gasteiger partial charge in [-0.2, -0.15) is 0 Å². The van der Waals surface area contributed by atoms with Crippen molar-refractivity contribution in [2.24, 2.45) is 5.92 Å². The van der Waals surface area contributed by atoms with Gasteiger partial charge >= 0.3 is 0 Å². The summed E-state index contributed by atoms with van der Waals surface area (Å²) in [5.74, 6) is 0.689. The Morgan fingerprint density at radius 3 is 2.44 bits per heavy atom. The average Bonchev–Trinajstić information content (AvgIpc) is 2.51. The number of alkyl halides is 1. The second-order valence-electron chi connectivity index (χ2n) is 4.76. The van der Waals surface area contributed by atoms with Crippen molar-refractivity contribution >= 4 is 38.9 Å². The second kappa shape index (κ2) is 5.88. The Kier molecular flexibility index (Phi) is 4.75. The van der Waals surface area contributed by atoms with Crippen LogP contribution in [0.5, 0.6) is 0 Å². The van der Waals surface area contributed by atoms with Gasteiger partial charge in [0.25, 0.3) is 0 Å². The molecule has 1 unspecified atom stereocenters. The van der Waals surface area contributed by atoms with Crippen LogP contribution in [0, 0.1) is 12.8 Å². The molecule has 0 bridgehead atoms. The monoisotopic (exact) mass is 320 g/mol. The summed E-state index contributed by atoms with van der Waals surface area (Å²) in [5, 5.41) is 0.230. The van der Waals surface area contributed by atoms with E-state index in [1.54, 1.807) is 0 Å². The van der Waals surface area contributed by atoms with Crippen molar-refractivity contribution in [1.82, 2.24) is 0 Å². The van der Waals surface area contributed by atoms with Crippen LogP contribution in [0.15, 0.2) is 9.85 Å². The van der Waals surface area contributed by atoms with Crippen LogP contribution in [0.2, 0.25) is 0 Å². The molecular weight excluding hydrogens is 304 g/mol. The summed E-state index contributed by atoms with van der Waals surface area (Å²) in [6.45, 7) is 2.14. The Morgan fingerprint density at radius 1 is 1.31 bits per heavy atom. The molecule has 1 aromatic heterocycles. The third-order valence-electron chi connectivity index (χ3n) is 3.46. The highest BCUT2D eigenvalue weighted by molar-refractivity contribution is 9.11. The predicted molar refractivity (Wildman–Crippen MR) is 76.5 cm³/mol. The van der Waals surface area contributed by atoms with Crippen LogP contribution in [0.1, 0.15) is 54.3 Å². The largest absolute Gasteiger partial charge is 0.131 e. The molecule has 90 valence electrons. The topological polar surface area (TPSA) is 0 Å². The predicted octanol–water partition coefficient (Wildman–Crippen LogP) is 6.07. The van der Waals surface area contributed by atoms with Gasteiger partial charge in [0.05, 0.1) is 9.16 Å². The molecule has 0 saturated heterocycles. The lowest BCUT2D eigenvalue weighted by Crippen LogP contribution is -2.05. The molecule has 1 aromatic rings. The first-order chi connectivity index (χ1) is 7.68. The minimum absolute atomic E-state index is 0.230. The molecule has 1 aliphatic carbocycles. The van der Waals surface area contributed by atoms with Crippen LogP contribution in [0.25, 0.3) is 0 Å². The normalized spacial score (nSPS) is 20.7. The van der Waals surface area contributed by atoms with Crippen LogP contribution in [-0.4, -0.2) is 0 Å². The van der Waals surface area contributed by atoms with Crippen molar-refractivity contribution in [1.29, 1.82) is 0 Å². The highest BCUT2D eigenvalue weighted by Crippen LogP contribution is 2.42. The van der Waals surface area contributed by atoms with Gasteiger partial charge in [-0.05, 0) is 53.2 Å². The number of halogens is 2. The highest BCUT2D eigenvalue weighted by Gasteiger charge is 2.24. The first-order valence-electron chi connectivity index (χ1n) is 6.08. The molecule has 0 N–H and O–H groups in total. The van der Waals surface area contributed by atoms with Crippen LogP contribution < -0.4 is 0 Å². The summed E-state index contributed by atoms with van der Waals surface area (Å²) >= 11 is 12.0. The van der Waals surface area contributed by atoms with Gasteiger partial charge in [0.1, 0.15) is 0 Å². The molecule has 0 aliphatic heterocycles. The minimum atomic E-state index is 0.230. The van der Waals surface area contributed by atoms with Gasteiger partial charge in [0.15, 0.2) is 0 Å². The van der Waals surface area contributed by atoms with E-state index in [-0.39, 0.29) is 5.38 Å². The Morgan fingerprint density at radius 2 is 1.94 bits per heavy atom. The highest BCUT2D eigenvalue weighted by atomic mass is 79.9. The SMILES string of the molecule is Cc1cc(C(Cl)C2CCCCCC2)sc1Br. The van der Waals surface area contributed by atoms with E-state index in [0.717, 1.165) is 0 Å². The van der Waals surface area contributed by atoms with Gasteiger partial charge in [-0.3, -0.25) is 0 Å². The van der Waals surface area contributed by atoms with E-state index in [9.17, 15) is 0 Å². The standard InChI is InChI=1S/C13H18BrClS/c1-9-8-11(16-13(9)14)12(15)10-6-4-2-3-5-7-10/h8,10,12H,2-7H2,1H3. The van der Waals surface area contributed by atoms with Crippen molar-refractivity contribution in [3.05, 3.63) is 20.3 Å². The fourth-order valence-corrected chi connectivity index (χ4v) is 4.55. The molecular formula is C13H18BrClS. The Hall–Kier alpha value is 0.470. The number of hydrogen-bond donors (Lipinski definition) is 0.